The zero-order valence-corrected chi connectivity index (χ0v) is 17.0. The van der Waals surface area contributed by atoms with E-state index in [0.717, 1.165) is 25.1 Å². The van der Waals surface area contributed by atoms with Crippen LogP contribution in [0.5, 0.6) is 0 Å². The van der Waals surface area contributed by atoms with Gasteiger partial charge in [-0.1, -0.05) is 41.9 Å². The molecule has 1 unspecified atom stereocenters. The molecule has 27 heavy (non-hydrogen) atoms. The van der Waals surface area contributed by atoms with E-state index < -0.39 is 10.4 Å². The van der Waals surface area contributed by atoms with Crippen molar-refractivity contribution in [3.05, 3.63) is 64.1 Å². The number of aryl methyl sites for hydroxylation is 1. The molecule has 7 nitrogen and oxygen atoms in total. The lowest BCUT2D eigenvalue weighted by Crippen LogP contribution is -2.31. The monoisotopic (exact) mass is 429 g/mol. The van der Waals surface area contributed by atoms with E-state index in [-0.39, 0.29) is 5.37 Å². The molecule has 10 heteroatoms. The van der Waals surface area contributed by atoms with Gasteiger partial charge in [0.1, 0.15) is 5.02 Å². The van der Waals surface area contributed by atoms with E-state index >= 15 is 0 Å². The molecular formula is C17H20ClN3O4S2. The summed E-state index contributed by atoms with van der Waals surface area (Å²) in [6.45, 7) is 2.92. The number of hydrogen-bond acceptors (Lipinski definition) is 6. The highest BCUT2D eigenvalue weighted by atomic mass is 35.5. The van der Waals surface area contributed by atoms with Gasteiger partial charge in [-0.05, 0) is 37.5 Å². The molecular weight excluding hydrogens is 410 g/mol. The summed E-state index contributed by atoms with van der Waals surface area (Å²) in [7, 11) is -4.92. The second-order valence-corrected chi connectivity index (χ2v) is 7.31. The molecule has 1 atom stereocenters. The average Bonchev–Trinajstić information content (AvgIpc) is 2.60. The summed E-state index contributed by atoms with van der Waals surface area (Å²) in [6.07, 6.45) is 1.91. The normalized spacial score (nSPS) is 11.7. The Hall–Kier alpha value is -1.83. The number of benzene rings is 2. The lowest BCUT2D eigenvalue weighted by Gasteiger charge is -2.29. The maximum Gasteiger partial charge on any atom is 0.403 e. The zero-order chi connectivity index (χ0) is 20.4. The quantitative estimate of drug-likeness (QED) is 0.229. The molecule has 0 amide bonds. The van der Waals surface area contributed by atoms with Crippen molar-refractivity contribution in [3.8, 4) is 0 Å². The highest BCUT2D eigenvalue weighted by Gasteiger charge is 2.18. The summed E-state index contributed by atoms with van der Waals surface area (Å²) < 4.78 is 32.8. The van der Waals surface area contributed by atoms with Crippen LogP contribution >= 0.6 is 24.2 Å². The number of thiol groups is 1. The molecule has 0 heterocycles. The number of hydrogen-bond donors (Lipinski definition) is 2. The van der Waals surface area contributed by atoms with Crippen LogP contribution in [-0.2, 0) is 16.8 Å². The smallest absolute Gasteiger partial charge is 0.403 e. The first-order valence-electron chi connectivity index (χ1n) is 7.97. The third-order valence-electron chi connectivity index (χ3n) is 3.61. The fourth-order valence-electron chi connectivity index (χ4n) is 2.42. The van der Waals surface area contributed by atoms with Crippen LogP contribution in [-0.4, -0.2) is 29.4 Å². The molecule has 0 bridgehead atoms. The van der Waals surface area contributed by atoms with Crippen LogP contribution in [0.15, 0.2) is 48.5 Å². The Labute approximate surface area is 169 Å². The molecule has 0 aliphatic carbocycles. The Balaban J connectivity index is 0.000000646. The predicted molar refractivity (Wildman–Crippen MR) is 109 cm³/mol. The van der Waals surface area contributed by atoms with Gasteiger partial charge in [-0.15, -0.1) is 0 Å². The predicted octanol–water partition coefficient (Wildman–Crippen LogP) is 4.54. The van der Waals surface area contributed by atoms with Gasteiger partial charge in [-0.25, -0.2) is 8.42 Å². The lowest BCUT2D eigenvalue weighted by molar-refractivity contribution is 0.366. The summed E-state index contributed by atoms with van der Waals surface area (Å²) in [6, 6.07) is 15.8. The van der Waals surface area contributed by atoms with Crippen LogP contribution in [0.4, 0.5) is 11.4 Å². The van der Waals surface area contributed by atoms with Crippen LogP contribution < -0.4 is 4.90 Å². The summed E-state index contributed by atoms with van der Waals surface area (Å²) in [5.41, 5.74) is 2.67. The van der Waals surface area contributed by atoms with E-state index in [4.69, 9.17) is 47.1 Å². The first-order chi connectivity index (χ1) is 12.7. The molecule has 0 saturated heterocycles. The van der Waals surface area contributed by atoms with E-state index in [1.165, 1.54) is 5.56 Å². The van der Waals surface area contributed by atoms with E-state index in [9.17, 15) is 0 Å². The summed E-state index contributed by atoms with van der Waals surface area (Å²) in [5, 5.41) is 9.36. The van der Waals surface area contributed by atoms with Crippen LogP contribution in [0.3, 0.4) is 0 Å². The molecule has 0 radical (unpaired) electrons. The Kier molecular flexibility index (Phi) is 9.55. The number of nitrogens with zero attached hydrogens (tertiary/aromatic N) is 3. The van der Waals surface area contributed by atoms with Crippen molar-refractivity contribution in [1.82, 2.24) is 0 Å². The fraction of sp³-hybridized carbons (Fsp3) is 0.294. The van der Waals surface area contributed by atoms with E-state index in [1.54, 1.807) is 6.07 Å². The average molecular weight is 430 g/mol. The zero-order valence-electron chi connectivity index (χ0n) is 14.6. The van der Waals surface area contributed by atoms with Crippen molar-refractivity contribution < 1.29 is 17.5 Å². The van der Waals surface area contributed by atoms with Gasteiger partial charge in [0.2, 0.25) is 15.8 Å². The standard InChI is InChI=1S/C17H18ClN3S.H2O4S/c1-2-21(14-9-10-16(20-19)15(18)12-14)17(22)11-8-13-6-4-3-5-7-13;1-5(2,3)4/h3-7,9-10,12,17H,2,8,11H2,1H3;(H2,1,2,3,4). The van der Waals surface area contributed by atoms with Gasteiger partial charge in [0, 0.05) is 18.3 Å². The first kappa shape index (κ1) is 23.2. The van der Waals surface area contributed by atoms with Gasteiger partial charge in [0.15, 0.2) is 4.98 Å². The second-order valence-electron chi connectivity index (χ2n) is 5.45. The summed E-state index contributed by atoms with van der Waals surface area (Å²) in [4.78, 5) is 5.33. The minimum atomic E-state index is -4.92. The second kappa shape index (κ2) is 11.1. The van der Waals surface area contributed by atoms with Crippen LogP contribution in [0.1, 0.15) is 18.9 Å². The molecule has 0 saturated carbocycles. The molecule has 2 rings (SSSR count). The third-order valence-corrected chi connectivity index (χ3v) is 4.44. The molecule has 0 aromatic heterocycles. The highest BCUT2D eigenvalue weighted by molar-refractivity contribution is 7.81. The molecule has 2 aromatic carbocycles. The Morgan fingerprint density at radius 2 is 1.89 bits per heavy atom. The van der Waals surface area contributed by atoms with Crippen LogP contribution in [0, 0.1) is 5.39 Å². The fourth-order valence-corrected chi connectivity index (χ4v) is 3.06. The molecule has 0 aliphatic heterocycles. The van der Waals surface area contributed by atoms with Crippen molar-refractivity contribution in [2.75, 3.05) is 11.4 Å². The molecule has 1 N–H and O–H groups in total. The minimum Gasteiger partial charge on any atom is -0.726 e. The Bertz CT molecular complexity index is 865. The Morgan fingerprint density at radius 3 is 2.37 bits per heavy atom. The number of halogens is 1. The van der Waals surface area contributed by atoms with E-state index in [1.807, 2.05) is 18.2 Å². The SMILES string of the molecule is CCN(c1ccc([N+]#N)c(Cl)c1)C(S)CCc1ccccc1.O=S(=O)([O-])O. The maximum absolute atomic E-state index is 8.84. The van der Waals surface area contributed by atoms with Gasteiger partial charge in [-0.2, -0.15) is 12.6 Å². The number of rotatable bonds is 6. The molecule has 2 aromatic rings. The summed E-state index contributed by atoms with van der Waals surface area (Å²) >= 11 is 10.8. The third kappa shape index (κ3) is 9.08. The largest absolute Gasteiger partial charge is 0.726 e. The van der Waals surface area contributed by atoms with Gasteiger partial charge >= 0.3 is 5.69 Å². The first-order valence-corrected chi connectivity index (χ1v) is 10.2. The van der Waals surface area contributed by atoms with E-state index in [0.29, 0.717) is 10.7 Å². The van der Waals surface area contributed by atoms with Crippen molar-refractivity contribution >= 4 is 46.0 Å². The highest BCUT2D eigenvalue weighted by Crippen LogP contribution is 2.31. The Morgan fingerprint density at radius 1 is 1.30 bits per heavy atom. The topological polar surface area (TPSA) is 109 Å². The van der Waals surface area contributed by atoms with E-state index in [2.05, 4.69) is 41.1 Å². The lowest BCUT2D eigenvalue weighted by atomic mass is 10.1. The van der Waals surface area contributed by atoms with Crippen LogP contribution in [0.25, 0.3) is 4.98 Å². The van der Waals surface area contributed by atoms with Crippen molar-refractivity contribution in [2.45, 2.75) is 25.1 Å². The molecule has 0 spiro atoms. The molecule has 0 aliphatic rings. The van der Waals surface area contributed by atoms with Gasteiger partial charge in [-0.3, -0.25) is 4.55 Å². The number of anilines is 1. The van der Waals surface area contributed by atoms with Gasteiger partial charge < -0.3 is 9.45 Å². The molecule has 0 fully saturated rings. The molecule has 146 valence electrons. The van der Waals surface area contributed by atoms with Crippen molar-refractivity contribution in [1.29, 1.82) is 5.39 Å². The summed E-state index contributed by atoms with van der Waals surface area (Å²) in [5.74, 6) is 0. The maximum atomic E-state index is 8.84. The van der Waals surface area contributed by atoms with Crippen molar-refractivity contribution in [2.24, 2.45) is 0 Å². The van der Waals surface area contributed by atoms with Crippen molar-refractivity contribution in [3.63, 3.8) is 0 Å². The van der Waals surface area contributed by atoms with Crippen LogP contribution in [0.2, 0.25) is 5.02 Å². The number of diazo groups is 1. The van der Waals surface area contributed by atoms with Gasteiger partial charge in [0.25, 0.3) is 0 Å². The van der Waals surface area contributed by atoms with Gasteiger partial charge in [0.05, 0.1) is 5.37 Å². The minimum absolute atomic E-state index is 0.0955.